The predicted molar refractivity (Wildman–Crippen MR) is 116 cm³/mol. The summed E-state index contributed by atoms with van der Waals surface area (Å²) in [5.41, 5.74) is 5.31. The molecule has 0 aliphatic rings. The highest BCUT2D eigenvalue weighted by Gasteiger charge is 2.27. The average Bonchev–Trinajstić information content (AvgIpc) is 2.63. The Morgan fingerprint density at radius 2 is 1.45 bits per heavy atom. The minimum Gasteiger partial charge on any atom is -0.469 e. The number of nitrogens with two attached hydrogens (primary N) is 1. The molecule has 0 rings (SSSR count). The van der Waals surface area contributed by atoms with Gasteiger partial charge >= 0.3 is 17.9 Å². The first kappa shape index (κ1) is 27.7. The number of carbonyl (C=O) groups excluding carboxylic acids is 3. The molecule has 0 saturated carbocycles. The minimum absolute atomic E-state index is 0.0634. The lowest BCUT2D eigenvalue weighted by Gasteiger charge is -2.23. The van der Waals surface area contributed by atoms with Gasteiger partial charge in [0.1, 0.15) is 5.60 Å². The number of ether oxygens (including phenoxy) is 3. The van der Waals surface area contributed by atoms with E-state index in [4.69, 9.17) is 15.2 Å². The van der Waals surface area contributed by atoms with Crippen molar-refractivity contribution in [3.05, 3.63) is 0 Å². The summed E-state index contributed by atoms with van der Waals surface area (Å²) in [7, 11) is 2.70. The molecule has 0 aromatic heterocycles. The summed E-state index contributed by atoms with van der Waals surface area (Å²) in [5.74, 6) is 0.326. The van der Waals surface area contributed by atoms with Crippen molar-refractivity contribution in [3.8, 4) is 0 Å². The molecular weight excluding hydrogens is 394 g/mol. The van der Waals surface area contributed by atoms with E-state index in [9.17, 15) is 14.4 Å². The smallest absolute Gasteiger partial charge is 0.310 e. The van der Waals surface area contributed by atoms with Crippen molar-refractivity contribution < 1.29 is 28.6 Å². The monoisotopic (exact) mass is 433 g/mol. The van der Waals surface area contributed by atoms with Crippen LogP contribution in [0.2, 0.25) is 0 Å². The Hall–Kier alpha value is -1.28. The molecule has 0 radical (unpaired) electrons. The fraction of sp³-hybridized carbons (Fsp3) is 0.857. The standard InChI is InChI=1S/C21H39NO6S/c1-21(2,3)28-20(25)16(13-18(23)26-4)11-9-7-6-8-10-12-29-15-17(22)14-19(24)27-5/h16-17H,6-15,22H2,1-5H3/t16?,17-/m1/s1. The molecule has 0 fully saturated rings. The van der Waals surface area contributed by atoms with Crippen molar-refractivity contribution in [1.29, 1.82) is 0 Å². The van der Waals surface area contributed by atoms with Gasteiger partial charge in [-0.25, -0.2) is 0 Å². The van der Waals surface area contributed by atoms with Gasteiger partial charge in [0.2, 0.25) is 0 Å². The zero-order chi connectivity index (χ0) is 22.3. The Bertz CT molecular complexity index is 492. The van der Waals surface area contributed by atoms with E-state index in [2.05, 4.69) is 4.74 Å². The molecule has 170 valence electrons. The lowest BCUT2D eigenvalue weighted by atomic mass is 9.97. The SMILES string of the molecule is COC(=O)CC(CCCCCCCSC[C@H](N)CC(=O)OC)C(=O)OC(C)(C)C. The van der Waals surface area contributed by atoms with Crippen LogP contribution in [0.4, 0.5) is 0 Å². The summed E-state index contributed by atoms with van der Waals surface area (Å²) in [6.45, 7) is 5.46. The highest BCUT2D eigenvalue weighted by molar-refractivity contribution is 7.99. The van der Waals surface area contributed by atoms with E-state index in [-0.39, 0.29) is 36.8 Å². The summed E-state index contributed by atoms with van der Waals surface area (Å²) >= 11 is 1.76. The Morgan fingerprint density at radius 3 is 2.03 bits per heavy atom. The van der Waals surface area contributed by atoms with Crippen molar-refractivity contribution in [2.24, 2.45) is 11.7 Å². The second kappa shape index (κ2) is 15.5. The molecule has 29 heavy (non-hydrogen) atoms. The highest BCUT2D eigenvalue weighted by Crippen LogP contribution is 2.21. The summed E-state index contributed by atoms with van der Waals surface area (Å²) < 4.78 is 14.7. The number of rotatable bonds is 15. The Balaban J connectivity index is 3.95. The van der Waals surface area contributed by atoms with Gasteiger partial charge in [0.25, 0.3) is 0 Å². The maximum atomic E-state index is 12.3. The minimum atomic E-state index is -0.567. The third-order valence-corrected chi connectivity index (χ3v) is 5.45. The largest absolute Gasteiger partial charge is 0.469 e. The lowest BCUT2D eigenvalue weighted by Crippen LogP contribution is -2.30. The van der Waals surface area contributed by atoms with E-state index in [1.54, 1.807) is 11.8 Å². The van der Waals surface area contributed by atoms with E-state index < -0.39 is 11.5 Å². The molecule has 0 aromatic carbocycles. The number of carbonyl (C=O) groups is 3. The Labute approximate surface area is 179 Å². The molecule has 0 spiro atoms. The van der Waals surface area contributed by atoms with Crippen molar-refractivity contribution in [2.45, 2.75) is 83.8 Å². The van der Waals surface area contributed by atoms with Gasteiger partial charge in [-0.2, -0.15) is 11.8 Å². The first-order valence-corrected chi connectivity index (χ1v) is 11.4. The van der Waals surface area contributed by atoms with E-state index in [0.29, 0.717) is 6.42 Å². The van der Waals surface area contributed by atoms with Crippen LogP contribution in [-0.2, 0) is 28.6 Å². The van der Waals surface area contributed by atoms with Crippen LogP contribution in [0.1, 0.15) is 72.1 Å². The van der Waals surface area contributed by atoms with Crippen LogP contribution in [0.15, 0.2) is 0 Å². The Morgan fingerprint density at radius 1 is 0.897 bits per heavy atom. The molecule has 8 heteroatoms. The summed E-state index contributed by atoms with van der Waals surface area (Å²) in [6.07, 6.45) is 6.10. The molecule has 0 saturated heterocycles. The Kier molecular flexibility index (Phi) is 14.9. The van der Waals surface area contributed by atoms with Gasteiger partial charge in [-0.15, -0.1) is 0 Å². The van der Waals surface area contributed by atoms with Gasteiger partial charge in [0.15, 0.2) is 0 Å². The van der Waals surface area contributed by atoms with E-state index in [1.165, 1.54) is 14.2 Å². The molecule has 0 aliphatic heterocycles. The van der Waals surface area contributed by atoms with Crippen LogP contribution in [0, 0.1) is 5.92 Å². The van der Waals surface area contributed by atoms with Gasteiger partial charge in [-0.05, 0) is 39.4 Å². The van der Waals surface area contributed by atoms with Gasteiger partial charge in [0, 0.05) is 11.8 Å². The van der Waals surface area contributed by atoms with Crippen molar-refractivity contribution in [2.75, 3.05) is 25.7 Å². The fourth-order valence-corrected chi connectivity index (χ4v) is 3.68. The number of esters is 3. The predicted octanol–water partition coefficient (Wildman–Crippen LogP) is 3.47. The van der Waals surface area contributed by atoms with Crippen molar-refractivity contribution in [3.63, 3.8) is 0 Å². The molecule has 2 atom stereocenters. The molecule has 7 nitrogen and oxygen atoms in total. The first-order valence-electron chi connectivity index (χ1n) is 10.3. The summed E-state index contributed by atoms with van der Waals surface area (Å²) in [5, 5.41) is 0. The van der Waals surface area contributed by atoms with Crippen molar-refractivity contribution in [1.82, 2.24) is 0 Å². The van der Waals surface area contributed by atoms with Gasteiger partial charge in [0.05, 0.1) is 33.0 Å². The molecule has 2 N–H and O–H groups in total. The van der Waals surface area contributed by atoms with Crippen LogP contribution in [0.25, 0.3) is 0 Å². The molecule has 0 bridgehead atoms. The quantitative estimate of drug-likeness (QED) is 0.238. The molecular formula is C21H39NO6S. The molecule has 1 unspecified atom stereocenters. The number of methoxy groups -OCH3 is 2. The molecule has 0 heterocycles. The first-order chi connectivity index (χ1) is 13.6. The van der Waals surface area contributed by atoms with Crippen LogP contribution in [0.5, 0.6) is 0 Å². The maximum absolute atomic E-state index is 12.3. The highest BCUT2D eigenvalue weighted by atomic mass is 32.2. The zero-order valence-electron chi connectivity index (χ0n) is 18.7. The van der Waals surface area contributed by atoms with E-state index in [0.717, 1.165) is 43.6 Å². The zero-order valence-corrected chi connectivity index (χ0v) is 19.5. The number of unbranched alkanes of at least 4 members (excludes halogenated alkanes) is 4. The van der Waals surface area contributed by atoms with Crippen LogP contribution >= 0.6 is 11.8 Å². The third kappa shape index (κ3) is 16.2. The molecule has 0 aromatic rings. The van der Waals surface area contributed by atoms with E-state index in [1.807, 2.05) is 20.8 Å². The molecule has 0 aliphatic carbocycles. The van der Waals surface area contributed by atoms with E-state index >= 15 is 0 Å². The number of thioether (sulfide) groups is 1. The van der Waals surface area contributed by atoms with Crippen LogP contribution in [0.3, 0.4) is 0 Å². The second-order valence-corrected chi connectivity index (χ2v) is 9.33. The van der Waals surface area contributed by atoms with Gasteiger partial charge < -0.3 is 19.9 Å². The van der Waals surface area contributed by atoms with Crippen molar-refractivity contribution >= 4 is 29.7 Å². The van der Waals surface area contributed by atoms with Crippen LogP contribution in [-0.4, -0.2) is 55.3 Å². The molecule has 0 amide bonds. The number of hydrogen-bond donors (Lipinski definition) is 1. The topological polar surface area (TPSA) is 105 Å². The van der Waals surface area contributed by atoms with Gasteiger partial charge in [-0.1, -0.05) is 25.7 Å². The van der Waals surface area contributed by atoms with Gasteiger partial charge in [-0.3, -0.25) is 14.4 Å². The number of hydrogen-bond acceptors (Lipinski definition) is 8. The van der Waals surface area contributed by atoms with Crippen LogP contribution < -0.4 is 5.73 Å². The fourth-order valence-electron chi connectivity index (χ4n) is 2.69. The summed E-state index contributed by atoms with van der Waals surface area (Å²) in [6, 6.07) is -0.160. The summed E-state index contributed by atoms with van der Waals surface area (Å²) in [4.78, 5) is 35.0. The normalized spacial score (nSPS) is 13.4. The third-order valence-electron chi connectivity index (χ3n) is 4.21. The average molecular weight is 434 g/mol. The second-order valence-electron chi connectivity index (χ2n) is 8.18. The lowest BCUT2D eigenvalue weighted by molar-refractivity contribution is -0.163. The maximum Gasteiger partial charge on any atom is 0.310 e.